The van der Waals surface area contributed by atoms with Crippen molar-refractivity contribution in [3.05, 3.63) is 29.3 Å². The van der Waals surface area contributed by atoms with E-state index in [1.807, 2.05) is 18.2 Å². The summed E-state index contributed by atoms with van der Waals surface area (Å²) in [6, 6.07) is 5.21. The monoisotopic (exact) mass is 219 g/mol. The van der Waals surface area contributed by atoms with E-state index in [1.54, 1.807) is 7.11 Å². The van der Waals surface area contributed by atoms with Crippen LogP contribution >= 0.6 is 0 Å². The molecule has 16 heavy (non-hydrogen) atoms. The third-order valence-electron chi connectivity index (χ3n) is 2.56. The largest absolute Gasteiger partial charge is 0.497 e. The molecule has 0 aromatic heterocycles. The number of aryl methyl sites for hydroxylation is 1. The number of carbonyl (C=O) groups excluding carboxylic acids is 1. The second-order valence-corrected chi connectivity index (χ2v) is 3.56. The molecule has 0 unspecified atom stereocenters. The van der Waals surface area contributed by atoms with E-state index in [0.29, 0.717) is 0 Å². The molecule has 2 rings (SSSR count). The van der Waals surface area contributed by atoms with Crippen LogP contribution in [0.15, 0.2) is 23.3 Å². The Balaban J connectivity index is 2.30. The van der Waals surface area contributed by atoms with Crippen molar-refractivity contribution in [1.82, 2.24) is 5.43 Å². The number of hydrogen-bond acceptors (Lipinski definition) is 3. The van der Waals surface area contributed by atoms with E-state index >= 15 is 0 Å². The Kier molecular flexibility index (Phi) is 2.76. The third kappa shape index (κ3) is 1.98. The number of benzene rings is 1. The van der Waals surface area contributed by atoms with Crippen LogP contribution in [0.3, 0.4) is 0 Å². The number of fused-ring (bicyclic) bond motifs is 1. The number of carbonyl (C=O) groups is 1. The molecule has 1 aliphatic carbocycles. The van der Waals surface area contributed by atoms with Crippen molar-refractivity contribution in [2.24, 2.45) is 10.8 Å². The van der Waals surface area contributed by atoms with Crippen molar-refractivity contribution in [3.63, 3.8) is 0 Å². The molecule has 5 nitrogen and oxygen atoms in total. The van der Waals surface area contributed by atoms with Gasteiger partial charge in [-0.1, -0.05) is 6.07 Å². The summed E-state index contributed by atoms with van der Waals surface area (Å²) in [6.45, 7) is 0. The van der Waals surface area contributed by atoms with Crippen molar-refractivity contribution in [3.8, 4) is 5.75 Å². The molecule has 3 N–H and O–H groups in total. The van der Waals surface area contributed by atoms with Crippen LogP contribution < -0.4 is 15.9 Å². The van der Waals surface area contributed by atoms with Crippen molar-refractivity contribution < 1.29 is 9.53 Å². The molecule has 84 valence electrons. The van der Waals surface area contributed by atoms with Gasteiger partial charge in [-0.3, -0.25) is 0 Å². The van der Waals surface area contributed by atoms with Crippen LogP contribution in [0.4, 0.5) is 4.79 Å². The van der Waals surface area contributed by atoms with Crippen LogP contribution in [0, 0.1) is 0 Å². The number of methoxy groups -OCH3 is 1. The lowest BCUT2D eigenvalue weighted by atomic mass is 10.1. The average Bonchev–Trinajstić information content (AvgIpc) is 2.68. The number of nitrogens with two attached hydrogens (primary N) is 1. The third-order valence-corrected chi connectivity index (χ3v) is 2.56. The zero-order valence-electron chi connectivity index (χ0n) is 8.99. The number of hydrazone groups is 1. The maximum atomic E-state index is 10.6. The fourth-order valence-electron chi connectivity index (χ4n) is 1.80. The lowest BCUT2D eigenvalue weighted by Gasteiger charge is -2.04. The topological polar surface area (TPSA) is 76.7 Å². The molecule has 1 aliphatic rings. The fraction of sp³-hybridized carbons (Fsp3) is 0.273. The van der Waals surface area contributed by atoms with Crippen molar-refractivity contribution in [2.75, 3.05) is 7.11 Å². The lowest BCUT2D eigenvalue weighted by Crippen LogP contribution is -2.25. The maximum absolute atomic E-state index is 10.6. The Morgan fingerprint density at radius 1 is 1.50 bits per heavy atom. The first-order chi connectivity index (χ1) is 7.70. The van der Waals surface area contributed by atoms with Crippen LogP contribution in [-0.2, 0) is 6.42 Å². The van der Waals surface area contributed by atoms with Gasteiger partial charge >= 0.3 is 6.03 Å². The van der Waals surface area contributed by atoms with Crippen LogP contribution in [0.25, 0.3) is 0 Å². The molecule has 0 fully saturated rings. The molecule has 0 saturated heterocycles. The summed E-state index contributed by atoms with van der Waals surface area (Å²) < 4.78 is 5.15. The van der Waals surface area contributed by atoms with E-state index in [1.165, 1.54) is 5.56 Å². The Morgan fingerprint density at radius 2 is 2.31 bits per heavy atom. The lowest BCUT2D eigenvalue weighted by molar-refractivity contribution is 0.249. The Morgan fingerprint density at radius 3 is 3.00 bits per heavy atom. The first kappa shape index (κ1) is 10.5. The highest BCUT2D eigenvalue weighted by molar-refractivity contribution is 6.05. The number of ether oxygens (including phenoxy) is 1. The van der Waals surface area contributed by atoms with Gasteiger partial charge in [0.2, 0.25) is 0 Å². The van der Waals surface area contributed by atoms with Crippen LogP contribution in [0.2, 0.25) is 0 Å². The van der Waals surface area contributed by atoms with Crippen molar-refractivity contribution >= 4 is 11.7 Å². The van der Waals surface area contributed by atoms with Crippen molar-refractivity contribution in [1.29, 1.82) is 0 Å². The van der Waals surface area contributed by atoms with E-state index in [4.69, 9.17) is 10.5 Å². The molecule has 0 heterocycles. The summed E-state index contributed by atoms with van der Waals surface area (Å²) in [7, 11) is 1.62. The van der Waals surface area contributed by atoms with E-state index in [9.17, 15) is 4.79 Å². The van der Waals surface area contributed by atoms with Crippen LogP contribution in [0.1, 0.15) is 17.5 Å². The van der Waals surface area contributed by atoms with Gasteiger partial charge in [0.05, 0.1) is 12.8 Å². The molecule has 2 amide bonds. The molecule has 0 atom stereocenters. The van der Waals surface area contributed by atoms with E-state index in [-0.39, 0.29) is 0 Å². The highest BCUT2D eigenvalue weighted by atomic mass is 16.5. The number of urea groups is 1. The minimum Gasteiger partial charge on any atom is -0.497 e. The fourth-order valence-corrected chi connectivity index (χ4v) is 1.80. The van der Waals surface area contributed by atoms with Gasteiger partial charge in [0.15, 0.2) is 0 Å². The van der Waals surface area contributed by atoms with E-state index < -0.39 is 6.03 Å². The molecule has 5 heteroatoms. The summed E-state index contributed by atoms with van der Waals surface area (Å²) in [4.78, 5) is 10.6. The molecule has 0 radical (unpaired) electrons. The number of nitrogens with zero attached hydrogens (tertiary/aromatic N) is 1. The van der Waals surface area contributed by atoms with E-state index in [2.05, 4.69) is 10.5 Å². The van der Waals surface area contributed by atoms with Gasteiger partial charge in [0.1, 0.15) is 5.75 Å². The molecular formula is C11H13N3O2. The minimum absolute atomic E-state index is 0.649. The molecule has 0 spiro atoms. The minimum atomic E-state index is -0.649. The predicted octanol–water partition coefficient (Wildman–Crippen LogP) is 1.01. The summed E-state index contributed by atoms with van der Waals surface area (Å²) in [5, 5.41) is 3.98. The number of hydrogen-bond donors (Lipinski definition) is 2. The SMILES string of the molecule is COc1ccc2c(c1)C(=NNC(N)=O)CC2. The van der Waals surface area contributed by atoms with Gasteiger partial charge in [0.25, 0.3) is 0 Å². The summed E-state index contributed by atoms with van der Waals surface area (Å²) in [5.74, 6) is 0.785. The second-order valence-electron chi connectivity index (χ2n) is 3.56. The van der Waals surface area contributed by atoms with Gasteiger partial charge in [-0.05, 0) is 30.5 Å². The van der Waals surface area contributed by atoms with E-state index in [0.717, 1.165) is 29.9 Å². The normalized spacial score (nSPS) is 15.9. The number of primary amides is 1. The van der Waals surface area contributed by atoms with Crippen molar-refractivity contribution in [2.45, 2.75) is 12.8 Å². The van der Waals surface area contributed by atoms with Crippen LogP contribution in [-0.4, -0.2) is 18.9 Å². The molecule has 0 bridgehead atoms. The number of amides is 2. The molecule has 0 aliphatic heterocycles. The number of nitrogens with one attached hydrogen (secondary N) is 1. The average molecular weight is 219 g/mol. The first-order valence-corrected chi connectivity index (χ1v) is 5.00. The highest BCUT2D eigenvalue weighted by Crippen LogP contribution is 2.26. The smallest absolute Gasteiger partial charge is 0.332 e. The van der Waals surface area contributed by atoms with Gasteiger partial charge in [0, 0.05) is 5.56 Å². The molecule has 1 aromatic carbocycles. The zero-order valence-corrected chi connectivity index (χ0v) is 8.99. The van der Waals surface area contributed by atoms with Gasteiger partial charge in [-0.25, -0.2) is 10.2 Å². The first-order valence-electron chi connectivity index (χ1n) is 5.00. The predicted molar refractivity (Wildman–Crippen MR) is 60.6 cm³/mol. The number of rotatable bonds is 2. The summed E-state index contributed by atoms with van der Waals surface area (Å²) in [5.41, 5.74) is 10.3. The standard InChI is InChI=1S/C11H13N3O2/c1-16-8-4-2-7-3-5-10(9(7)6-8)13-14-11(12)15/h2,4,6H,3,5H2,1H3,(H3,12,14,15). The molecular weight excluding hydrogens is 206 g/mol. The van der Waals surface area contributed by atoms with Gasteiger partial charge < -0.3 is 10.5 Å². The zero-order chi connectivity index (χ0) is 11.5. The van der Waals surface area contributed by atoms with Crippen LogP contribution in [0.5, 0.6) is 5.75 Å². The Labute approximate surface area is 93.3 Å². The highest BCUT2D eigenvalue weighted by Gasteiger charge is 2.18. The summed E-state index contributed by atoms with van der Waals surface area (Å²) >= 11 is 0. The van der Waals surface area contributed by atoms with Gasteiger partial charge in [-0.2, -0.15) is 5.10 Å². The maximum Gasteiger partial charge on any atom is 0.332 e. The molecule has 1 aromatic rings. The van der Waals surface area contributed by atoms with Gasteiger partial charge in [-0.15, -0.1) is 0 Å². The second kappa shape index (κ2) is 4.22. The Hall–Kier alpha value is -2.04. The summed E-state index contributed by atoms with van der Waals surface area (Å²) in [6.07, 6.45) is 1.74. The molecule has 0 saturated carbocycles. The Bertz CT molecular complexity index is 455. The quantitative estimate of drug-likeness (QED) is 0.728.